The second kappa shape index (κ2) is 12.8. The van der Waals surface area contributed by atoms with Gasteiger partial charge in [-0.25, -0.2) is 0 Å². The van der Waals surface area contributed by atoms with Gasteiger partial charge in [0.15, 0.2) is 5.79 Å². The Morgan fingerprint density at radius 3 is 1.81 bits per heavy atom. The van der Waals surface area contributed by atoms with Gasteiger partial charge >= 0.3 is 0 Å². The topological polar surface area (TPSA) is 77.4 Å². The molecule has 2 aliphatic rings. The van der Waals surface area contributed by atoms with Crippen molar-refractivity contribution in [3.05, 3.63) is 71.8 Å². The van der Waals surface area contributed by atoms with Gasteiger partial charge in [-0.15, -0.1) is 0 Å². The Morgan fingerprint density at radius 1 is 0.730 bits per heavy atom. The first-order chi connectivity index (χ1) is 18.0. The van der Waals surface area contributed by atoms with Gasteiger partial charge in [0.25, 0.3) is 0 Å². The largest absolute Gasteiger partial charge is 0.396 e. The average molecular weight is 513 g/mol. The quantitative estimate of drug-likeness (QED) is 0.546. The molecule has 2 N–H and O–H groups in total. The first kappa shape index (κ1) is 28.2. The fourth-order valence-corrected chi connectivity index (χ4v) is 5.35. The maximum absolute atomic E-state index is 10.3. The Hall–Kier alpha value is -1.80. The molecule has 2 aromatic rings. The molecule has 0 amide bonds. The molecule has 1 spiro atoms. The first-order valence-electron chi connectivity index (χ1n) is 13.8. The molecule has 6 nitrogen and oxygen atoms in total. The summed E-state index contributed by atoms with van der Waals surface area (Å²) in [5.74, 6) is -0.995. The van der Waals surface area contributed by atoms with Crippen molar-refractivity contribution < 1.29 is 29.2 Å². The highest BCUT2D eigenvalue weighted by Crippen LogP contribution is 2.42. The van der Waals surface area contributed by atoms with Gasteiger partial charge in [0.05, 0.1) is 52.4 Å². The average Bonchev–Trinajstić information content (AvgIpc) is 2.96. The fraction of sp³-hybridized carbons (Fsp3) is 0.613. The molecule has 0 aromatic heterocycles. The molecule has 2 fully saturated rings. The van der Waals surface area contributed by atoms with Gasteiger partial charge < -0.3 is 29.2 Å². The molecule has 204 valence electrons. The third-order valence-corrected chi connectivity index (χ3v) is 8.53. The van der Waals surface area contributed by atoms with Gasteiger partial charge in [-0.05, 0) is 36.8 Å². The summed E-state index contributed by atoms with van der Waals surface area (Å²) in [7, 11) is 0. The molecule has 3 atom stereocenters. The van der Waals surface area contributed by atoms with E-state index in [9.17, 15) is 10.2 Å². The van der Waals surface area contributed by atoms with Crippen LogP contribution in [0.4, 0.5) is 0 Å². The van der Waals surface area contributed by atoms with Gasteiger partial charge in [-0.1, -0.05) is 74.5 Å². The highest BCUT2D eigenvalue weighted by atomic mass is 16.7. The van der Waals surface area contributed by atoms with E-state index >= 15 is 0 Å². The van der Waals surface area contributed by atoms with Crippen LogP contribution in [0.5, 0.6) is 0 Å². The predicted molar refractivity (Wildman–Crippen MR) is 143 cm³/mol. The fourth-order valence-electron chi connectivity index (χ4n) is 5.35. The van der Waals surface area contributed by atoms with Crippen LogP contribution < -0.4 is 0 Å². The van der Waals surface area contributed by atoms with Crippen molar-refractivity contribution in [2.24, 2.45) is 16.7 Å². The standard InChI is InChI=1S/C31H44O6/c1-3-29(19-32)21-34-18-27(15-25-11-7-5-8-12-25)31(36-23-30(4-2,20-33)24-37-31)17-28(35-22-29)16-26-13-9-6-10-14-26/h5-14,27-28,32-33H,3-4,15-24H2,1-2H3. The minimum atomic E-state index is -0.908. The third-order valence-electron chi connectivity index (χ3n) is 8.53. The summed E-state index contributed by atoms with van der Waals surface area (Å²) in [5.41, 5.74) is 1.54. The minimum Gasteiger partial charge on any atom is -0.396 e. The second-order valence-corrected chi connectivity index (χ2v) is 11.1. The number of rotatable bonds is 8. The molecule has 6 heteroatoms. The Bertz CT molecular complexity index is 915. The SMILES string of the molecule is CCC1(CO)COCC(Cc2ccccc2)C2(CC(Cc3ccccc3)OC1)OCC(CC)(CO)CO2. The molecule has 37 heavy (non-hydrogen) atoms. The smallest absolute Gasteiger partial charge is 0.176 e. The summed E-state index contributed by atoms with van der Waals surface area (Å²) < 4.78 is 26.3. The number of hydrogen-bond acceptors (Lipinski definition) is 6. The molecule has 2 aliphatic heterocycles. The number of benzene rings is 2. The van der Waals surface area contributed by atoms with Crippen LogP contribution in [0.25, 0.3) is 0 Å². The molecule has 4 rings (SSSR count). The normalized spacial score (nSPS) is 33.3. The number of hydrogen-bond donors (Lipinski definition) is 2. The van der Waals surface area contributed by atoms with Gasteiger partial charge in [-0.3, -0.25) is 0 Å². The van der Waals surface area contributed by atoms with Crippen molar-refractivity contribution in [1.82, 2.24) is 0 Å². The van der Waals surface area contributed by atoms with Crippen LogP contribution in [0, 0.1) is 16.7 Å². The molecule has 0 saturated carbocycles. The van der Waals surface area contributed by atoms with E-state index in [1.54, 1.807) is 0 Å². The summed E-state index contributed by atoms with van der Waals surface area (Å²) in [6.45, 7) is 6.32. The predicted octanol–water partition coefficient (Wildman–Crippen LogP) is 4.41. The number of aliphatic hydroxyl groups excluding tert-OH is 2. The Morgan fingerprint density at radius 2 is 1.27 bits per heavy atom. The van der Waals surface area contributed by atoms with Crippen LogP contribution in [-0.4, -0.2) is 68.4 Å². The van der Waals surface area contributed by atoms with Crippen molar-refractivity contribution >= 4 is 0 Å². The summed E-state index contributed by atoms with van der Waals surface area (Å²) in [6, 6.07) is 20.7. The third kappa shape index (κ3) is 6.80. The maximum atomic E-state index is 10.3. The number of ether oxygens (including phenoxy) is 4. The minimum absolute atomic E-state index is 0.0125. The van der Waals surface area contributed by atoms with Crippen LogP contribution in [0.3, 0.4) is 0 Å². The molecule has 2 heterocycles. The molecule has 0 radical (unpaired) electrons. The van der Waals surface area contributed by atoms with E-state index in [1.807, 2.05) is 24.3 Å². The highest BCUT2D eigenvalue weighted by Gasteiger charge is 2.50. The zero-order chi connectivity index (χ0) is 26.2. The van der Waals surface area contributed by atoms with E-state index in [2.05, 4.69) is 50.2 Å². The van der Waals surface area contributed by atoms with Gasteiger partial charge in [0.2, 0.25) is 0 Å². The van der Waals surface area contributed by atoms with E-state index in [4.69, 9.17) is 18.9 Å². The van der Waals surface area contributed by atoms with Crippen molar-refractivity contribution in [2.45, 2.75) is 57.8 Å². The highest BCUT2D eigenvalue weighted by molar-refractivity contribution is 5.17. The molecule has 0 bridgehead atoms. The van der Waals surface area contributed by atoms with Crippen LogP contribution >= 0.6 is 0 Å². The molecule has 3 unspecified atom stereocenters. The van der Waals surface area contributed by atoms with Crippen molar-refractivity contribution in [2.75, 3.05) is 46.2 Å². The summed E-state index contributed by atoms with van der Waals surface area (Å²) in [6.07, 6.45) is 3.37. The van der Waals surface area contributed by atoms with E-state index in [1.165, 1.54) is 11.1 Å². The molecular weight excluding hydrogens is 468 g/mol. The van der Waals surface area contributed by atoms with Crippen LogP contribution in [0.1, 0.15) is 44.2 Å². The van der Waals surface area contributed by atoms with Crippen LogP contribution in [-0.2, 0) is 31.8 Å². The summed E-state index contributed by atoms with van der Waals surface area (Å²) >= 11 is 0. The van der Waals surface area contributed by atoms with E-state index in [0.717, 1.165) is 25.7 Å². The first-order valence-corrected chi connectivity index (χ1v) is 13.8. The Kier molecular flexibility index (Phi) is 9.79. The molecule has 2 aromatic carbocycles. The maximum Gasteiger partial charge on any atom is 0.176 e. The van der Waals surface area contributed by atoms with E-state index in [0.29, 0.717) is 39.5 Å². The Labute approximate surface area is 221 Å². The lowest BCUT2D eigenvalue weighted by atomic mass is 9.81. The van der Waals surface area contributed by atoms with E-state index in [-0.39, 0.29) is 25.2 Å². The van der Waals surface area contributed by atoms with Crippen molar-refractivity contribution in [3.8, 4) is 0 Å². The van der Waals surface area contributed by atoms with Gasteiger partial charge in [0, 0.05) is 23.2 Å². The Balaban J connectivity index is 1.68. The van der Waals surface area contributed by atoms with Crippen molar-refractivity contribution in [3.63, 3.8) is 0 Å². The summed E-state index contributed by atoms with van der Waals surface area (Å²) in [5, 5.41) is 20.5. The number of aliphatic hydroxyl groups is 2. The van der Waals surface area contributed by atoms with Crippen LogP contribution in [0.15, 0.2) is 60.7 Å². The molecule has 0 aliphatic carbocycles. The van der Waals surface area contributed by atoms with E-state index < -0.39 is 16.6 Å². The zero-order valence-corrected chi connectivity index (χ0v) is 22.4. The lowest BCUT2D eigenvalue weighted by molar-refractivity contribution is -0.347. The van der Waals surface area contributed by atoms with Crippen LogP contribution in [0.2, 0.25) is 0 Å². The lowest BCUT2D eigenvalue weighted by Crippen LogP contribution is -2.58. The monoisotopic (exact) mass is 512 g/mol. The molecule has 2 saturated heterocycles. The summed E-state index contributed by atoms with van der Waals surface area (Å²) in [4.78, 5) is 0. The second-order valence-electron chi connectivity index (χ2n) is 11.1. The lowest BCUT2D eigenvalue weighted by Gasteiger charge is -2.50. The molecular formula is C31H44O6. The van der Waals surface area contributed by atoms with Gasteiger partial charge in [0.1, 0.15) is 0 Å². The van der Waals surface area contributed by atoms with Crippen molar-refractivity contribution in [1.29, 1.82) is 0 Å². The van der Waals surface area contributed by atoms with Gasteiger partial charge in [-0.2, -0.15) is 0 Å². The zero-order valence-electron chi connectivity index (χ0n) is 22.4.